The lowest BCUT2D eigenvalue weighted by Crippen LogP contribution is -2.54. The van der Waals surface area contributed by atoms with Gasteiger partial charge in [-0.05, 0) is 56.6 Å². The van der Waals surface area contributed by atoms with Gasteiger partial charge in [0.15, 0.2) is 5.60 Å². The lowest BCUT2D eigenvalue weighted by molar-refractivity contribution is -0.172. The monoisotopic (exact) mass is 597 g/mol. The second-order valence-corrected chi connectivity index (χ2v) is 17.1. The fraction of sp³-hybridized carbons (Fsp3) is 0.333. The van der Waals surface area contributed by atoms with E-state index in [-0.39, 0.29) is 29.7 Å². The Balaban J connectivity index is 1.60. The summed E-state index contributed by atoms with van der Waals surface area (Å²) in [5, 5.41) is 17.4. The molecule has 0 spiro atoms. The van der Waals surface area contributed by atoms with Gasteiger partial charge < -0.3 is 19.1 Å². The number of hydrogen-bond donors (Lipinski definition) is 2. The maximum Gasteiger partial charge on any atom is 0.412 e. The van der Waals surface area contributed by atoms with E-state index in [1.54, 1.807) is 23.6 Å². The van der Waals surface area contributed by atoms with Gasteiger partial charge in [0.05, 0.1) is 29.0 Å². The van der Waals surface area contributed by atoms with E-state index in [9.17, 15) is 19.5 Å². The summed E-state index contributed by atoms with van der Waals surface area (Å²) in [7, 11) is -2.44. The number of nitrogens with zero attached hydrogens (tertiary/aromatic N) is 2. The highest BCUT2D eigenvalue weighted by atomic mass is 28.3. The van der Waals surface area contributed by atoms with Crippen LogP contribution in [0.4, 0.5) is 10.5 Å². The predicted octanol–water partition coefficient (Wildman–Crippen LogP) is 4.25. The Morgan fingerprint density at radius 3 is 2.51 bits per heavy atom. The molecule has 0 bridgehead atoms. The molecule has 2 aromatic carbocycles. The average molecular weight is 598 g/mol. The molecule has 43 heavy (non-hydrogen) atoms. The molecule has 0 radical (unpaired) electrons. The first-order valence-electron chi connectivity index (χ1n) is 14.4. The van der Waals surface area contributed by atoms with Crippen LogP contribution in [-0.2, 0) is 33.0 Å². The van der Waals surface area contributed by atoms with Crippen molar-refractivity contribution >= 4 is 47.1 Å². The first-order valence-corrected chi connectivity index (χ1v) is 17.4. The summed E-state index contributed by atoms with van der Waals surface area (Å²) in [5.41, 5.74) is 1.17. The zero-order valence-electron chi connectivity index (χ0n) is 25.2. The van der Waals surface area contributed by atoms with E-state index in [0.717, 1.165) is 16.1 Å². The van der Waals surface area contributed by atoms with Crippen LogP contribution in [0.3, 0.4) is 0 Å². The van der Waals surface area contributed by atoms with Crippen LogP contribution in [0, 0.1) is 0 Å². The minimum Gasteiger partial charge on any atom is -0.458 e. The Morgan fingerprint density at radius 2 is 1.84 bits per heavy atom. The quantitative estimate of drug-likeness (QED) is 0.235. The van der Waals surface area contributed by atoms with Gasteiger partial charge in [-0.15, -0.1) is 0 Å². The number of esters is 1. The first-order chi connectivity index (χ1) is 20.2. The van der Waals surface area contributed by atoms with Crippen LogP contribution in [-0.4, -0.2) is 40.4 Å². The van der Waals surface area contributed by atoms with Gasteiger partial charge in [-0.3, -0.25) is 10.1 Å². The first kappa shape index (κ1) is 28.8. The number of pyridine rings is 2. The summed E-state index contributed by atoms with van der Waals surface area (Å²) in [6.07, 6.45) is -0.474. The molecule has 9 nitrogen and oxygen atoms in total. The molecule has 2 aliphatic heterocycles. The molecule has 4 heterocycles. The predicted molar refractivity (Wildman–Crippen MR) is 168 cm³/mol. The van der Waals surface area contributed by atoms with E-state index in [0.29, 0.717) is 29.1 Å². The second kappa shape index (κ2) is 9.89. The molecule has 10 heteroatoms. The van der Waals surface area contributed by atoms with Crippen molar-refractivity contribution in [3.8, 4) is 11.4 Å². The molecular formula is C33H35N3O6Si. The summed E-state index contributed by atoms with van der Waals surface area (Å²) in [6.45, 7) is 11.8. The van der Waals surface area contributed by atoms with Crippen LogP contribution in [0.25, 0.3) is 22.3 Å². The number of anilines is 1. The smallest absolute Gasteiger partial charge is 0.412 e. The number of fused-ring (bicyclic) bond motifs is 5. The molecule has 2 N–H and O–H groups in total. The summed E-state index contributed by atoms with van der Waals surface area (Å²) in [6, 6.07) is 17.6. The third-order valence-electron chi connectivity index (χ3n) is 8.45. The van der Waals surface area contributed by atoms with Crippen LogP contribution in [0.2, 0.25) is 13.1 Å². The van der Waals surface area contributed by atoms with E-state index in [1.807, 2.05) is 51.1 Å². The Bertz CT molecular complexity index is 1880. The van der Waals surface area contributed by atoms with Gasteiger partial charge >= 0.3 is 12.1 Å². The van der Waals surface area contributed by atoms with Gasteiger partial charge in [0.2, 0.25) is 0 Å². The van der Waals surface area contributed by atoms with Crippen molar-refractivity contribution in [2.45, 2.75) is 71.6 Å². The number of nitrogens with one attached hydrogen (secondary N) is 1. The number of aromatic nitrogens is 2. The summed E-state index contributed by atoms with van der Waals surface area (Å²) in [4.78, 5) is 44.2. The fourth-order valence-electron chi connectivity index (χ4n) is 6.29. The van der Waals surface area contributed by atoms with E-state index in [4.69, 9.17) is 14.5 Å². The van der Waals surface area contributed by atoms with Crippen LogP contribution in [0.1, 0.15) is 50.8 Å². The molecule has 0 fully saturated rings. The molecule has 1 atom stereocenters. The minimum atomic E-state index is -2.44. The summed E-state index contributed by atoms with van der Waals surface area (Å²) >= 11 is 0. The van der Waals surface area contributed by atoms with Gasteiger partial charge in [0.25, 0.3) is 5.56 Å². The van der Waals surface area contributed by atoms with E-state index >= 15 is 0 Å². The molecule has 0 saturated heterocycles. The fourth-order valence-corrected chi connectivity index (χ4v) is 9.43. The van der Waals surface area contributed by atoms with Crippen molar-refractivity contribution in [1.29, 1.82) is 0 Å². The SMILES string of the molecule is CC[C@@]1(O)C(=O)OCc2c1cc1n(c2=O)Cc2c-1nc1ccc(NC(=O)OC(C)(C)C)cc1c2[Si](C)(C)c1ccccc1. The minimum absolute atomic E-state index is 0.0758. The normalized spacial score (nSPS) is 17.6. The van der Waals surface area contributed by atoms with Crippen LogP contribution < -0.4 is 21.2 Å². The lowest BCUT2D eigenvalue weighted by atomic mass is 9.86. The van der Waals surface area contributed by atoms with Crippen LogP contribution in [0.15, 0.2) is 59.4 Å². The lowest BCUT2D eigenvalue weighted by Gasteiger charge is -2.31. The maximum atomic E-state index is 13.9. The Hall–Kier alpha value is -4.28. The molecule has 0 aliphatic carbocycles. The van der Waals surface area contributed by atoms with Crippen molar-refractivity contribution in [2.75, 3.05) is 5.32 Å². The van der Waals surface area contributed by atoms with Gasteiger partial charge in [-0.2, -0.15) is 0 Å². The van der Waals surface area contributed by atoms with Crippen molar-refractivity contribution in [1.82, 2.24) is 9.55 Å². The molecule has 4 aromatic rings. The number of cyclic esters (lactones) is 1. The summed E-state index contributed by atoms with van der Waals surface area (Å²) < 4.78 is 12.4. The van der Waals surface area contributed by atoms with Crippen LogP contribution >= 0.6 is 0 Å². The molecule has 0 unspecified atom stereocenters. The zero-order chi connectivity index (χ0) is 30.9. The van der Waals surface area contributed by atoms with E-state index in [1.165, 1.54) is 5.19 Å². The number of carbonyl (C=O) groups is 2. The van der Waals surface area contributed by atoms with E-state index in [2.05, 4.69) is 30.5 Å². The number of hydrogen-bond acceptors (Lipinski definition) is 7. The van der Waals surface area contributed by atoms with E-state index < -0.39 is 31.3 Å². The highest BCUT2D eigenvalue weighted by molar-refractivity contribution is 7.02. The Kier molecular flexibility index (Phi) is 6.63. The average Bonchev–Trinajstić information content (AvgIpc) is 3.31. The zero-order valence-corrected chi connectivity index (χ0v) is 26.2. The third-order valence-corrected chi connectivity index (χ3v) is 12.1. The molecule has 6 rings (SSSR count). The number of carbonyl (C=O) groups excluding carboxylic acids is 2. The Morgan fingerprint density at radius 1 is 1.12 bits per heavy atom. The number of amides is 1. The van der Waals surface area contributed by atoms with Crippen molar-refractivity contribution < 1.29 is 24.2 Å². The highest BCUT2D eigenvalue weighted by Gasteiger charge is 2.46. The van der Waals surface area contributed by atoms with Gasteiger partial charge in [0, 0.05) is 22.2 Å². The van der Waals surface area contributed by atoms with Crippen molar-refractivity contribution in [3.63, 3.8) is 0 Å². The molecule has 2 aromatic heterocycles. The topological polar surface area (TPSA) is 120 Å². The highest BCUT2D eigenvalue weighted by Crippen LogP contribution is 2.39. The van der Waals surface area contributed by atoms with Gasteiger partial charge in [-0.25, -0.2) is 14.6 Å². The van der Waals surface area contributed by atoms with Crippen molar-refractivity contribution in [2.24, 2.45) is 0 Å². The molecule has 1 amide bonds. The number of rotatable bonds is 4. The molecule has 0 saturated carbocycles. The Labute approximate surface area is 250 Å². The van der Waals surface area contributed by atoms with Gasteiger partial charge in [-0.1, -0.05) is 55.5 Å². The second-order valence-electron chi connectivity index (χ2n) is 12.8. The van der Waals surface area contributed by atoms with Gasteiger partial charge in [0.1, 0.15) is 20.3 Å². The third kappa shape index (κ3) is 4.65. The molecule has 2 aliphatic rings. The molecular weight excluding hydrogens is 562 g/mol. The number of benzene rings is 2. The van der Waals surface area contributed by atoms with Crippen molar-refractivity contribution in [3.05, 3.63) is 81.6 Å². The number of ether oxygens (including phenoxy) is 2. The molecule has 222 valence electrons. The maximum absolute atomic E-state index is 13.9. The standard InChI is InChI=1S/C33H35N3O6Si/c1-7-33(40)24-16-26-27-22(17-36(26)29(37)23(24)18-41-30(33)38)28(43(5,6)20-11-9-8-10-12-20)21-15-19(13-14-25(21)35-27)34-31(39)42-32(2,3)4/h8-16,40H,7,17-18H2,1-6H3,(H,34,39)/t33-/m0/s1. The number of aliphatic hydroxyl groups is 1. The largest absolute Gasteiger partial charge is 0.458 e. The van der Waals surface area contributed by atoms with Crippen LogP contribution in [0.5, 0.6) is 0 Å². The summed E-state index contributed by atoms with van der Waals surface area (Å²) in [5.74, 6) is -0.750.